The van der Waals surface area contributed by atoms with Crippen LogP contribution < -0.4 is 10.5 Å². The minimum Gasteiger partial charge on any atom is -0.488 e. The summed E-state index contributed by atoms with van der Waals surface area (Å²) in [4.78, 5) is 14.1. The van der Waals surface area contributed by atoms with Gasteiger partial charge in [-0.3, -0.25) is 18.8 Å². The second kappa shape index (κ2) is 10.0. The van der Waals surface area contributed by atoms with E-state index >= 15 is 0 Å². The number of rotatable bonds is 8. The predicted molar refractivity (Wildman–Crippen MR) is 135 cm³/mol. The number of hydrogen-bond donors (Lipinski definition) is 1. The van der Waals surface area contributed by atoms with Gasteiger partial charge in [-0.15, -0.1) is 0 Å². The average Bonchev–Trinajstić information content (AvgIpc) is 3.17. The summed E-state index contributed by atoms with van der Waals surface area (Å²) in [5.74, 6) is 0.300. The first-order valence-electron chi connectivity index (χ1n) is 12.3. The normalized spacial score (nSPS) is 16.5. The number of alkyl halides is 1. The highest BCUT2D eigenvalue weighted by atomic mass is 19.1. The Labute approximate surface area is 205 Å². The predicted octanol–water partition coefficient (Wildman–Crippen LogP) is 4.47. The number of hydrogen-bond acceptors (Lipinski definition) is 4. The number of ether oxygens (including phenoxy) is 1. The quantitative estimate of drug-likeness (QED) is 0.523. The fourth-order valence-corrected chi connectivity index (χ4v) is 5.05. The smallest absolute Gasteiger partial charge is 0.269 e. The van der Waals surface area contributed by atoms with Crippen molar-refractivity contribution in [1.82, 2.24) is 14.7 Å². The van der Waals surface area contributed by atoms with Crippen molar-refractivity contribution < 1.29 is 13.9 Å². The Kier molecular flexibility index (Phi) is 6.68. The van der Waals surface area contributed by atoms with E-state index in [1.807, 2.05) is 22.9 Å². The molecule has 6 nitrogen and oxygen atoms in total. The summed E-state index contributed by atoms with van der Waals surface area (Å²) in [6.45, 7) is 5.03. The Bertz CT molecular complexity index is 1240. The van der Waals surface area contributed by atoms with Crippen LogP contribution in [0.3, 0.4) is 0 Å². The van der Waals surface area contributed by atoms with E-state index in [4.69, 9.17) is 10.5 Å². The van der Waals surface area contributed by atoms with E-state index < -0.39 is 5.91 Å². The molecule has 2 aliphatic rings. The standard InChI is InChI=1S/C28H31FN4O2/c1-19-6-2-3-7-23(19)24-8-4-15-33-26(16-25(31-33)28(30)34)27(24)20-9-11-21(12-10-20)35-22-17-32(18-22)14-5-13-29/h2-3,6-7,9-12,16,22H,4-5,8,13-15,17-18H2,1H3,(H2,30,34). The number of allylic oxidation sites excluding steroid dienone is 1. The highest BCUT2D eigenvalue weighted by molar-refractivity contribution is 6.00. The summed E-state index contributed by atoms with van der Waals surface area (Å²) in [6.07, 6.45) is 2.54. The molecule has 1 aromatic heterocycles. The molecular formula is C28H31FN4O2. The van der Waals surface area contributed by atoms with Gasteiger partial charge >= 0.3 is 0 Å². The molecule has 35 heavy (non-hydrogen) atoms. The molecule has 0 saturated carbocycles. The van der Waals surface area contributed by atoms with Crippen LogP contribution in [-0.2, 0) is 6.54 Å². The lowest BCUT2D eigenvalue weighted by Gasteiger charge is -2.38. The number of aromatic nitrogens is 2. The van der Waals surface area contributed by atoms with Crippen LogP contribution in [-0.4, -0.2) is 53.0 Å². The van der Waals surface area contributed by atoms with Crippen LogP contribution in [0.2, 0.25) is 0 Å². The van der Waals surface area contributed by atoms with Gasteiger partial charge < -0.3 is 10.5 Å². The SMILES string of the molecule is Cc1ccccc1C1=C(c2ccc(OC3CN(CCCF)C3)cc2)c2cc(C(N)=O)nn2CCC1. The molecule has 0 atom stereocenters. The number of aryl methyl sites for hydroxylation is 2. The average molecular weight is 475 g/mol. The maximum atomic E-state index is 12.4. The van der Waals surface area contributed by atoms with Crippen molar-refractivity contribution in [2.24, 2.45) is 5.73 Å². The summed E-state index contributed by atoms with van der Waals surface area (Å²) in [5, 5.41) is 4.50. The monoisotopic (exact) mass is 474 g/mol. The number of nitrogens with zero attached hydrogens (tertiary/aromatic N) is 3. The highest BCUT2D eigenvalue weighted by Crippen LogP contribution is 2.39. The number of amides is 1. The van der Waals surface area contributed by atoms with Crippen molar-refractivity contribution in [2.45, 2.75) is 38.8 Å². The van der Waals surface area contributed by atoms with Crippen LogP contribution in [0.25, 0.3) is 11.1 Å². The molecule has 182 valence electrons. The molecule has 3 heterocycles. The second-order valence-electron chi connectivity index (χ2n) is 9.34. The number of likely N-dealkylation sites (tertiary alicyclic amines) is 1. The number of carbonyl (C=O) groups excluding carboxylic acids is 1. The zero-order valence-electron chi connectivity index (χ0n) is 20.0. The van der Waals surface area contributed by atoms with Gasteiger partial charge in [0, 0.05) is 31.8 Å². The van der Waals surface area contributed by atoms with Crippen LogP contribution in [0.15, 0.2) is 54.6 Å². The first-order chi connectivity index (χ1) is 17.0. The third-order valence-corrected chi connectivity index (χ3v) is 6.83. The van der Waals surface area contributed by atoms with Gasteiger partial charge in [0.05, 0.1) is 12.4 Å². The third kappa shape index (κ3) is 4.86. The molecule has 0 radical (unpaired) electrons. The van der Waals surface area contributed by atoms with E-state index in [9.17, 15) is 9.18 Å². The number of halogens is 1. The minimum absolute atomic E-state index is 0.139. The Morgan fingerprint density at radius 3 is 2.66 bits per heavy atom. The van der Waals surface area contributed by atoms with Crippen molar-refractivity contribution in [1.29, 1.82) is 0 Å². The summed E-state index contributed by atoms with van der Waals surface area (Å²) < 4.78 is 20.4. The lowest BCUT2D eigenvalue weighted by molar-refractivity contribution is 0.0184. The van der Waals surface area contributed by atoms with Gasteiger partial charge in [-0.1, -0.05) is 36.4 Å². The van der Waals surface area contributed by atoms with Gasteiger partial charge in [0.2, 0.25) is 0 Å². The number of benzene rings is 2. The molecule has 1 amide bonds. The fourth-order valence-electron chi connectivity index (χ4n) is 5.05. The van der Waals surface area contributed by atoms with Crippen molar-refractivity contribution in [3.8, 4) is 5.75 Å². The molecule has 0 aliphatic carbocycles. The highest BCUT2D eigenvalue weighted by Gasteiger charge is 2.28. The summed E-state index contributed by atoms with van der Waals surface area (Å²) in [7, 11) is 0. The number of fused-ring (bicyclic) bond motifs is 1. The molecule has 0 unspecified atom stereocenters. The molecule has 3 aromatic rings. The maximum Gasteiger partial charge on any atom is 0.269 e. The summed E-state index contributed by atoms with van der Waals surface area (Å²) >= 11 is 0. The molecule has 2 N–H and O–H groups in total. The number of primary amides is 1. The first-order valence-corrected chi connectivity index (χ1v) is 12.3. The van der Waals surface area contributed by atoms with Crippen LogP contribution in [0.5, 0.6) is 5.75 Å². The Hall–Kier alpha value is -3.45. The van der Waals surface area contributed by atoms with E-state index in [0.29, 0.717) is 6.42 Å². The number of nitrogens with two attached hydrogens (primary N) is 1. The Morgan fingerprint density at radius 2 is 1.94 bits per heavy atom. The van der Waals surface area contributed by atoms with Gasteiger partial charge in [-0.05, 0) is 66.6 Å². The third-order valence-electron chi connectivity index (χ3n) is 6.83. The van der Waals surface area contributed by atoms with E-state index in [1.165, 1.54) is 16.7 Å². The minimum atomic E-state index is -0.521. The molecule has 0 bridgehead atoms. The molecule has 2 aromatic carbocycles. The van der Waals surface area contributed by atoms with Gasteiger partial charge in [-0.2, -0.15) is 5.10 Å². The van der Waals surface area contributed by atoms with Gasteiger partial charge in [0.1, 0.15) is 11.9 Å². The van der Waals surface area contributed by atoms with E-state index in [2.05, 4.69) is 53.3 Å². The zero-order chi connectivity index (χ0) is 24.4. The molecule has 1 saturated heterocycles. The molecule has 0 spiro atoms. The van der Waals surface area contributed by atoms with E-state index in [0.717, 1.165) is 61.6 Å². The topological polar surface area (TPSA) is 73.4 Å². The van der Waals surface area contributed by atoms with Gasteiger partial charge in [0.15, 0.2) is 5.69 Å². The van der Waals surface area contributed by atoms with Crippen molar-refractivity contribution in [2.75, 3.05) is 26.3 Å². The van der Waals surface area contributed by atoms with E-state index in [-0.39, 0.29) is 18.5 Å². The van der Waals surface area contributed by atoms with Crippen LogP contribution >= 0.6 is 0 Å². The lowest BCUT2D eigenvalue weighted by Crippen LogP contribution is -2.53. The zero-order valence-corrected chi connectivity index (χ0v) is 20.0. The Morgan fingerprint density at radius 1 is 1.17 bits per heavy atom. The largest absolute Gasteiger partial charge is 0.488 e. The number of carbonyl (C=O) groups is 1. The molecule has 5 rings (SSSR count). The van der Waals surface area contributed by atoms with Crippen LogP contribution in [0.4, 0.5) is 4.39 Å². The maximum absolute atomic E-state index is 12.4. The molecule has 1 fully saturated rings. The van der Waals surface area contributed by atoms with Gasteiger partial charge in [-0.25, -0.2) is 0 Å². The van der Waals surface area contributed by atoms with Crippen molar-refractivity contribution >= 4 is 17.1 Å². The lowest BCUT2D eigenvalue weighted by atomic mass is 9.88. The van der Waals surface area contributed by atoms with Crippen LogP contribution in [0.1, 0.15) is 52.1 Å². The second-order valence-corrected chi connectivity index (χ2v) is 9.34. The van der Waals surface area contributed by atoms with Crippen molar-refractivity contribution in [3.05, 3.63) is 82.7 Å². The summed E-state index contributed by atoms with van der Waals surface area (Å²) in [5.41, 5.74) is 12.6. The molecule has 2 aliphatic heterocycles. The molecular weight excluding hydrogens is 443 g/mol. The van der Waals surface area contributed by atoms with Crippen LogP contribution in [0, 0.1) is 6.92 Å². The van der Waals surface area contributed by atoms with Gasteiger partial charge in [0.25, 0.3) is 5.91 Å². The molecule has 7 heteroatoms. The fraction of sp³-hybridized carbons (Fsp3) is 0.357. The van der Waals surface area contributed by atoms with E-state index in [1.54, 1.807) is 0 Å². The Balaban J connectivity index is 1.48. The van der Waals surface area contributed by atoms with Crippen molar-refractivity contribution in [3.63, 3.8) is 0 Å². The first kappa shape index (κ1) is 23.3. The summed E-state index contributed by atoms with van der Waals surface area (Å²) in [6, 6.07) is 18.4.